The first-order valence-corrected chi connectivity index (χ1v) is 5.90. The number of hydrogen-bond acceptors (Lipinski definition) is 3. The van der Waals surface area contributed by atoms with Gasteiger partial charge in [-0.05, 0) is 38.9 Å². The molecule has 0 bridgehead atoms. The van der Waals surface area contributed by atoms with Crippen molar-refractivity contribution in [3.63, 3.8) is 0 Å². The second kappa shape index (κ2) is 5.39. The molecule has 0 aromatic carbocycles. The topological polar surface area (TPSA) is 62.8 Å². The normalized spacial score (nSPS) is 19.3. The lowest BCUT2D eigenvalue weighted by Gasteiger charge is -2.22. The van der Waals surface area contributed by atoms with E-state index in [1.54, 1.807) is 0 Å². The fourth-order valence-electron chi connectivity index (χ4n) is 1.75. The van der Waals surface area contributed by atoms with E-state index in [-0.39, 0.29) is 5.11 Å². The molecule has 0 spiro atoms. The van der Waals surface area contributed by atoms with Gasteiger partial charge in [0.15, 0.2) is 5.11 Å². The summed E-state index contributed by atoms with van der Waals surface area (Å²) in [7, 11) is 0. The van der Waals surface area contributed by atoms with E-state index in [0.29, 0.717) is 6.04 Å². The summed E-state index contributed by atoms with van der Waals surface area (Å²) in [6.07, 6.45) is 6.19. The number of hydrogen-bond donors (Lipinski definition) is 2. The minimum absolute atomic E-state index is 0.266. The van der Waals surface area contributed by atoms with Gasteiger partial charge < -0.3 is 11.1 Å². The van der Waals surface area contributed by atoms with Crippen LogP contribution in [0.5, 0.6) is 0 Å². The highest BCUT2D eigenvalue weighted by Gasteiger charge is 2.18. The summed E-state index contributed by atoms with van der Waals surface area (Å²) >= 11 is 4.78. The zero-order chi connectivity index (χ0) is 11.3. The van der Waals surface area contributed by atoms with E-state index in [2.05, 4.69) is 15.5 Å². The SMILES string of the molecule is CC(C)(/N=N/C1CCCCC1)NC(N)=S. The van der Waals surface area contributed by atoms with Gasteiger partial charge in [0.25, 0.3) is 0 Å². The van der Waals surface area contributed by atoms with Crippen molar-refractivity contribution in [2.24, 2.45) is 16.0 Å². The van der Waals surface area contributed by atoms with E-state index in [1.807, 2.05) is 13.8 Å². The second-order valence-electron chi connectivity index (χ2n) is 4.56. The molecule has 4 nitrogen and oxygen atoms in total. The molecule has 1 saturated carbocycles. The van der Waals surface area contributed by atoms with E-state index in [0.717, 1.165) is 12.8 Å². The van der Waals surface area contributed by atoms with Crippen molar-refractivity contribution in [1.82, 2.24) is 5.32 Å². The van der Waals surface area contributed by atoms with E-state index in [1.165, 1.54) is 19.3 Å². The van der Waals surface area contributed by atoms with Gasteiger partial charge in [0.2, 0.25) is 0 Å². The molecule has 1 rings (SSSR count). The number of rotatable bonds is 3. The summed E-state index contributed by atoms with van der Waals surface area (Å²) in [5.41, 5.74) is 4.92. The Balaban J connectivity index is 2.43. The van der Waals surface area contributed by atoms with E-state index < -0.39 is 5.66 Å². The van der Waals surface area contributed by atoms with Gasteiger partial charge in [0.1, 0.15) is 5.66 Å². The van der Waals surface area contributed by atoms with Crippen molar-refractivity contribution in [3.05, 3.63) is 0 Å². The molecule has 1 fully saturated rings. The molecule has 0 saturated heterocycles. The van der Waals surface area contributed by atoms with Gasteiger partial charge in [-0.3, -0.25) is 0 Å². The van der Waals surface area contributed by atoms with Gasteiger partial charge in [-0.15, -0.1) is 0 Å². The molecule has 3 N–H and O–H groups in total. The van der Waals surface area contributed by atoms with Crippen LogP contribution in [0.2, 0.25) is 0 Å². The standard InChI is InChI=1S/C10H20N4S/c1-10(2,12-9(11)15)14-13-8-6-4-3-5-7-8/h8H,3-7H2,1-2H3,(H3,11,12,15)/b14-13+. The minimum atomic E-state index is -0.483. The number of nitrogens with zero attached hydrogens (tertiary/aromatic N) is 2. The van der Waals surface area contributed by atoms with E-state index >= 15 is 0 Å². The number of nitrogens with two attached hydrogens (primary N) is 1. The third kappa shape index (κ3) is 5.06. The Kier molecular flexibility index (Phi) is 4.45. The monoisotopic (exact) mass is 228 g/mol. The molecule has 0 unspecified atom stereocenters. The molecule has 15 heavy (non-hydrogen) atoms. The minimum Gasteiger partial charge on any atom is -0.376 e. The molecule has 86 valence electrons. The molecule has 0 radical (unpaired) electrons. The Morgan fingerprint density at radius 1 is 1.33 bits per heavy atom. The Morgan fingerprint density at radius 3 is 2.47 bits per heavy atom. The summed E-state index contributed by atoms with van der Waals surface area (Å²) in [6.45, 7) is 3.83. The second-order valence-corrected chi connectivity index (χ2v) is 5.00. The summed E-state index contributed by atoms with van der Waals surface area (Å²) in [6, 6.07) is 0.395. The number of thiocarbonyl (C=S) groups is 1. The van der Waals surface area contributed by atoms with Crippen LogP contribution in [0.1, 0.15) is 46.0 Å². The molecule has 5 heteroatoms. The lowest BCUT2D eigenvalue weighted by Crippen LogP contribution is -2.44. The molecule has 0 aliphatic heterocycles. The van der Waals surface area contributed by atoms with Gasteiger partial charge in [0.05, 0.1) is 6.04 Å². The van der Waals surface area contributed by atoms with Crippen molar-refractivity contribution in [3.8, 4) is 0 Å². The fourth-order valence-corrected chi connectivity index (χ4v) is 2.00. The molecular weight excluding hydrogens is 208 g/mol. The van der Waals surface area contributed by atoms with Crippen molar-refractivity contribution in [2.45, 2.75) is 57.7 Å². The lowest BCUT2D eigenvalue weighted by atomic mass is 9.96. The maximum Gasteiger partial charge on any atom is 0.165 e. The first kappa shape index (κ1) is 12.4. The van der Waals surface area contributed by atoms with Crippen LogP contribution in [0.15, 0.2) is 10.2 Å². The van der Waals surface area contributed by atoms with Gasteiger partial charge in [-0.2, -0.15) is 10.2 Å². The third-order valence-corrected chi connectivity index (χ3v) is 2.58. The predicted molar refractivity (Wildman–Crippen MR) is 65.7 cm³/mol. The van der Waals surface area contributed by atoms with E-state index in [4.69, 9.17) is 18.0 Å². The quantitative estimate of drug-likeness (QED) is 0.575. The molecule has 0 aromatic rings. The third-order valence-electron chi connectivity index (χ3n) is 2.47. The highest BCUT2D eigenvalue weighted by atomic mass is 32.1. The van der Waals surface area contributed by atoms with Crippen LogP contribution in [0.25, 0.3) is 0 Å². The number of nitrogens with one attached hydrogen (secondary N) is 1. The van der Waals surface area contributed by atoms with E-state index in [9.17, 15) is 0 Å². The Bertz CT molecular complexity index is 244. The van der Waals surface area contributed by atoms with Crippen LogP contribution in [-0.2, 0) is 0 Å². The van der Waals surface area contributed by atoms with Crippen LogP contribution in [0.3, 0.4) is 0 Å². The predicted octanol–water partition coefficient (Wildman–Crippen LogP) is 2.34. The van der Waals surface area contributed by atoms with Crippen molar-refractivity contribution in [2.75, 3.05) is 0 Å². The molecule has 0 heterocycles. The average Bonchev–Trinajstić information content (AvgIpc) is 2.15. The summed E-state index contributed by atoms with van der Waals surface area (Å²) in [4.78, 5) is 0. The summed E-state index contributed by atoms with van der Waals surface area (Å²) in [5, 5.41) is 11.8. The van der Waals surface area contributed by atoms with Crippen LogP contribution in [0, 0.1) is 0 Å². The summed E-state index contributed by atoms with van der Waals surface area (Å²) < 4.78 is 0. The molecule has 0 amide bonds. The maximum atomic E-state index is 5.41. The zero-order valence-corrected chi connectivity index (χ0v) is 10.3. The molecule has 0 aromatic heterocycles. The van der Waals surface area contributed by atoms with Crippen molar-refractivity contribution < 1.29 is 0 Å². The largest absolute Gasteiger partial charge is 0.376 e. The van der Waals surface area contributed by atoms with Crippen LogP contribution >= 0.6 is 12.2 Å². The first-order chi connectivity index (χ1) is 6.99. The summed E-state index contributed by atoms with van der Waals surface area (Å²) in [5.74, 6) is 0. The van der Waals surface area contributed by atoms with Gasteiger partial charge in [0, 0.05) is 0 Å². The molecule has 0 atom stereocenters. The molecule has 1 aliphatic rings. The lowest BCUT2D eigenvalue weighted by molar-refractivity contribution is 0.389. The Hall–Kier alpha value is -0.710. The highest BCUT2D eigenvalue weighted by molar-refractivity contribution is 7.80. The molecular formula is C10H20N4S. The van der Waals surface area contributed by atoms with Crippen LogP contribution in [0.4, 0.5) is 0 Å². The maximum absolute atomic E-state index is 5.41. The zero-order valence-electron chi connectivity index (χ0n) is 9.49. The fraction of sp³-hybridized carbons (Fsp3) is 0.900. The van der Waals surface area contributed by atoms with Crippen molar-refractivity contribution >= 4 is 17.3 Å². The van der Waals surface area contributed by atoms with Gasteiger partial charge >= 0.3 is 0 Å². The average molecular weight is 228 g/mol. The Labute approximate surface area is 96.7 Å². The highest BCUT2D eigenvalue weighted by Crippen LogP contribution is 2.21. The molecule has 1 aliphatic carbocycles. The first-order valence-electron chi connectivity index (χ1n) is 5.49. The smallest absolute Gasteiger partial charge is 0.165 e. The van der Waals surface area contributed by atoms with Gasteiger partial charge in [-0.1, -0.05) is 19.3 Å². The van der Waals surface area contributed by atoms with Gasteiger partial charge in [-0.25, -0.2) is 0 Å². The Morgan fingerprint density at radius 2 is 1.93 bits per heavy atom. The number of azo groups is 1. The van der Waals surface area contributed by atoms with Crippen LogP contribution < -0.4 is 11.1 Å². The van der Waals surface area contributed by atoms with Crippen LogP contribution in [-0.4, -0.2) is 16.8 Å². The van der Waals surface area contributed by atoms with Crippen molar-refractivity contribution in [1.29, 1.82) is 0 Å².